The maximum absolute atomic E-state index is 9.37. The molecule has 4 aromatic carbocycles. The standard InChI is InChI=1S/2C13H9NO2.H2O4S/c2*15-10-3-1-8-5-9-2-4-11(16)7-13(9)14-12(8)6-10;1-5(2,3)4/h2*1-7,15-16H;(H2,1,2,3,4)/p-2. The zero-order chi connectivity index (χ0) is 26.7. The van der Waals surface area contributed by atoms with Gasteiger partial charge in [-0.1, -0.05) is 0 Å². The number of aromatic hydroxyl groups is 4. The molecule has 0 aliphatic heterocycles. The summed E-state index contributed by atoms with van der Waals surface area (Å²) < 4.78 is 34.1. The van der Waals surface area contributed by atoms with E-state index in [9.17, 15) is 20.4 Å². The molecule has 0 aliphatic rings. The molecule has 6 aromatic rings. The van der Waals surface area contributed by atoms with Gasteiger partial charge in [-0.3, -0.25) is 8.42 Å². The molecule has 0 fully saturated rings. The van der Waals surface area contributed by atoms with Crippen molar-refractivity contribution in [2.45, 2.75) is 0 Å². The van der Waals surface area contributed by atoms with Crippen molar-refractivity contribution in [3.63, 3.8) is 0 Å². The molecule has 10 nitrogen and oxygen atoms in total. The molecule has 37 heavy (non-hydrogen) atoms. The third-order valence-corrected chi connectivity index (χ3v) is 5.16. The predicted molar refractivity (Wildman–Crippen MR) is 136 cm³/mol. The lowest BCUT2D eigenvalue weighted by molar-refractivity contribution is 0.352. The minimum absolute atomic E-state index is 0.194. The number of rotatable bonds is 0. The first kappa shape index (κ1) is 25.4. The van der Waals surface area contributed by atoms with Crippen molar-refractivity contribution in [3.05, 3.63) is 84.9 Å². The van der Waals surface area contributed by atoms with Crippen LogP contribution in [-0.4, -0.2) is 47.9 Å². The normalized spacial score (nSPS) is 11.1. The lowest BCUT2D eigenvalue weighted by Gasteiger charge is -2.06. The highest BCUT2D eigenvalue weighted by Gasteiger charge is 2.02. The Kier molecular flexibility index (Phi) is 6.94. The number of pyridine rings is 2. The van der Waals surface area contributed by atoms with Crippen LogP contribution in [0, 0.1) is 0 Å². The van der Waals surface area contributed by atoms with Gasteiger partial charge in [-0.05, 0) is 60.7 Å². The third-order valence-electron chi connectivity index (χ3n) is 5.16. The second kappa shape index (κ2) is 10.1. The Morgan fingerprint density at radius 1 is 0.459 bits per heavy atom. The molecule has 0 atom stereocenters. The molecule has 0 aliphatic carbocycles. The zero-order valence-electron chi connectivity index (χ0n) is 18.8. The molecular formula is C26H18N2O8S-2. The molecule has 4 N–H and O–H groups in total. The van der Waals surface area contributed by atoms with E-state index in [0.29, 0.717) is 0 Å². The maximum atomic E-state index is 9.37. The number of hydrogen-bond donors (Lipinski definition) is 4. The zero-order valence-corrected chi connectivity index (χ0v) is 19.6. The SMILES string of the molecule is O=S(=O)([O-])[O-].Oc1ccc2cc3ccc(O)cc3nc2c1.Oc1ccc2cc3ccc(O)cc3nc2c1. The third kappa shape index (κ3) is 6.70. The van der Waals surface area contributed by atoms with E-state index in [-0.39, 0.29) is 23.0 Å². The number of benzene rings is 4. The van der Waals surface area contributed by atoms with Crippen LogP contribution in [0.5, 0.6) is 23.0 Å². The Morgan fingerprint density at radius 2 is 0.676 bits per heavy atom. The minimum atomic E-state index is -5.17. The summed E-state index contributed by atoms with van der Waals surface area (Å²) in [7, 11) is -5.17. The molecule has 0 bridgehead atoms. The summed E-state index contributed by atoms with van der Waals surface area (Å²) in [4.78, 5) is 8.76. The quantitative estimate of drug-likeness (QED) is 0.128. The van der Waals surface area contributed by atoms with E-state index in [0.717, 1.165) is 43.6 Å². The van der Waals surface area contributed by atoms with Crippen LogP contribution in [-0.2, 0) is 10.4 Å². The van der Waals surface area contributed by atoms with Crippen LogP contribution < -0.4 is 0 Å². The topological polar surface area (TPSA) is 187 Å². The second-order valence-corrected chi connectivity index (χ2v) is 8.71. The summed E-state index contributed by atoms with van der Waals surface area (Å²) in [5, 5.41) is 41.3. The maximum Gasteiger partial charge on any atom is 0.117 e. The highest BCUT2D eigenvalue weighted by atomic mass is 32.3. The van der Waals surface area contributed by atoms with Gasteiger partial charge in [0.2, 0.25) is 0 Å². The molecule has 0 spiro atoms. The lowest BCUT2D eigenvalue weighted by Crippen LogP contribution is -1.91. The van der Waals surface area contributed by atoms with Crippen molar-refractivity contribution in [1.82, 2.24) is 9.97 Å². The van der Waals surface area contributed by atoms with Gasteiger partial charge in [-0.15, -0.1) is 0 Å². The Hall–Kier alpha value is -4.71. The molecule has 11 heteroatoms. The van der Waals surface area contributed by atoms with Crippen LogP contribution in [0.1, 0.15) is 0 Å². The van der Waals surface area contributed by atoms with Crippen LogP contribution in [0.25, 0.3) is 43.6 Å². The molecule has 6 rings (SSSR count). The van der Waals surface area contributed by atoms with E-state index in [4.69, 9.17) is 17.5 Å². The fourth-order valence-electron chi connectivity index (χ4n) is 3.60. The number of nitrogens with zero attached hydrogens (tertiary/aromatic N) is 2. The van der Waals surface area contributed by atoms with Crippen LogP contribution in [0.4, 0.5) is 0 Å². The predicted octanol–water partition coefficient (Wildman–Crippen LogP) is 4.26. The van der Waals surface area contributed by atoms with Crippen molar-refractivity contribution >= 4 is 54.0 Å². The monoisotopic (exact) mass is 518 g/mol. The van der Waals surface area contributed by atoms with E-state index in [2.05, 4.69) is 9.97 Å². The highest BCUT2D eigenvalue weighted by molar-refractivity contribution is 7.79. The van der Waals surface area contributed by atoms with Gasteiger partial charge >= 0.3 is 0 Å². The summed E-state index contributed by atoms with van der Waals surface area (Å²) in [6, 6.07) is 24.2. The molecular weight excluding hydrogens is 500 g/mol. The van der Waals surface area contributed by atoms with Crippen LogP contribution >= 0.6 is 0 Å². The summed E-state index contributed by atoms with van der Waals surface area (Å²) in [6.07, 6.45) is 0. The molecule has 188 valence electrons. The van der Waals surface area contributed by atoms with E-state index in [1.807, 2.05) is 36.4 Å². The molecule has 0 radical (unpaired) electrons. The largest absolute Gasteiger partial charge is 0.759 e. The van der Waals surface area contributed by atoms with Gasteiger partial charge < -0.3 is 29.5 Å². The smallest absolute Gasteiger partial charge is 0.117 e. The Labute approximate surface area is 209 Å². The molecule has 0 amide bonds. The van der Waals surface area contributed by atoms with Gasteiger partial charge in [0.25, 0.3) is 0 Å². The minimum Gasteiger partial charge on any atom is -0.759 e. The Balaban J connectivity index is 0.000000147. The second-order valence-electron chi connectivity index (χ2n) is 7.89. The molecule has 2 aromatic heterocycles. The van der Waals surface area contributed by atoms with Gasteiger partial charge in [0.05, 0.1) is 22.1 Å². The molecule has 0 saturated carbocycles. The van der Waals surface area contributed by atoms with E-state index < -0.39 is 10.4 Å². The summed E-state index contributed by atoms with van der Waals surface area (Å²) >= 11 is 0. The number of phenolic OH excluding ortho intramolecular Hbond substituents is 4. The first-order valence-corrected chi connectivity index (χ1v) is 11.9. The van der Waals surface area contributed by atoms with E-state index in [1.54, 1.807) is 48.5 Å². The average Bonchev–Trinajstić information content (AvgIpc) is 2.81. The summed E-state index contributed by atoms with van der Waals surface area (Å²) in [5.74, 6) is 0.776. The van der Waals surface area contributed by atoms with E-state index >= 15 is 0 Å². The highest BCUT2D eigenvalue weighted by Crippen LogP contribution is 2.26. The van der Waals surface area contributed by atoms with Gasteiger partial charge in [0, 0.05) is 56.2 Å². The Morgan fingerprint density at radius 3 is 0.892 bits per heavy atom. The van der Waals surface area contributed by atoms with Crippen LogP contribution in [0.3, 0.4) is 0 Å². The van der Waals surface area contributed by atoms with Crippen molar-refractivity contribution < 1.29 is 37.9 Å². The van der Waals surface area contributed by atoms with Gasteiger partial charge in [-0.2, -0.15) is 0 Å². The van der Waals surface area contributed by atoms with Gasteiger partial charge in [-0.25, -0.2) is 9.97 Å². The number of phenols is 4. The fourth-order valence-corrected chi connectivity index (χ4v) is 3.60. The Bertz CT molecular complexity index is 1630. The first-order valence-electron chi connectivity index (χ1n) is 10.6. The van der Waals surface area contributed by atoms with E-state index in [1.165, 1.54) is 0 Å². The van der Waals surface area contributed by atoms with Gasteiger partial charge in [0.15, 0.2) is 0 Å². The summed E-state index contributed by atoms with van der Waals surface area (Å²) in [6.45, 7) is 0. The van der Waals surface area contributed by atoms with Crippen molar-refractivity contribution in [1.29, 1.82) is 0 Å². The van der Waals surface area contributed by atoms with Crippen LogP contribution in [0.15, 0.2) is 84.9 Å². The number of aromatic nitrogens is 2. The number of fused-ring (bicyclic) bond motifs is 4. The lowest BCUT2D eigenvalue weighted by atomic mass is 10.1. The molecule has 0 saturated heterocycles. The number of hydrogen-bond acceptors (Lipinski definition) is 10. The average molecular weight is 519 g/mol. The van der Waals surface area contributed by atoms with Crippen molar-refractivity contribution in [2.75, 3.05) is 0 Å². The molecule has 0 unspecified atom stereocenters. The molecule has 2 heterocycles. The van der Waals surface area contributed by atoms with Crippen LogP contribution in [0.2, 0.25) is 0 Å². The van der Waals surface area contributed by atoms with Gasteiger partial charge in [0.1, 0.15) is 23.0 Å². The fraction of sp³-hybridized carbons (Fsp3) is 0. The van der Waals surface area contributed by atoms with Crippen molar-refractivity contribution in [3.8, 4) is 23.0 Å². The van der Waals surface area contributed by atoms with Crippen molar-refractivity contribution in [2.24, 2.45) is 0 Å². The summed E-state index contributed by atoms with van der Waals surface area (Å²) in [5.41, 5.74) is 2.88. The first-order chi connectivity index (χ1) is 17.4.